The summed E-state index contributed by atoms with van der Waals surface area (Å²) in [5.41, 5.74) is -0.00536. The molecule has 0 bridgehead atoms. The fourth-order valence-corrected chi connectivity index (χ4v) is 3.57. The number of rotatable bonds is 8. The van der Waals surface area contributed by atoms with E-state index in [4.69, 9.17) is 4.74 Å². The Morgan fingerprint density at radius 2 is 1.92 bits per heavy atom. The Hall–Kier alpha value is -0.970. The molecular weight excluding hydrogens is 322 g/mol. The fourth-order valence-electron chi connectivity index (χ4n) is 3.10. The molecule has 4 nitrogen and oxygen atoms in total. The van der Waals surface area contributed by atoms with Crippen molar-refractivity contribution in [2.45, 2.75) is 71.4 Å². The Labute approximate surface area is 151 Å². The maximum atomic E-state index is 12.6. The summed E-state index contributed by atoms with van der Waals surface area (Å²) >= 11 is 1.65. The van der Waals surface area contributed by atoms with E-state index in [1.807, 2.05) is 13.2 Å². The molecule has 0 saturated heterocycles. The molecule has 0 radical (unpaired) electrons. The summed E-state index contributed by atoms with van der Waals surface area (Å²) in [6.07, 6.45) is 6.53. The molecule has 5 heteroatoms. The lowest BCUT2D eigenvalue weighted by Gasteiger charge is -2.39. The lowest BCUT2D eigenvalue weighted by atomic mass is 9.75. The van der Waals surface area contributed by atoms with Gasteiger partial charge < -0.3 is 10.1 Å². The maximum absolute atomic E-state index is 12.6. The molecular formula is C19H33NO3S. The molecule has 0 aromatic carbocycles. The van der Waals surface area contributed by atoms with Crippen LogP contribution in [0.2, 0.25) is 0 Å². The first-order valence-corrected chi connectivity index (χ1v) is 10.3. The molecule has 1 saturated carbocycles. The van der Waals surface area contributed by atoms with E-state index >= 15 is 0 Å². The molecule has 1 aliphatic rings. The highest BCUT2D eigenvalue weighted by atomic mass is 32.2. The van der Waals surface area contributed by atoms with Crippen LogP contribution < -0.4 is 5.32 Å². The van der Waals surface area contributed by atoms with Crippen LogP contribution in [-0.4, -0.2) is 35.5 Å². The van der Waals surface area contributed by atoms with Crippen LogP contribution >= 0.6 is 11.8 Å². The maximum Gasteiger partial charge on any atom is 0.329 e. The molecule has 1 fully saturated rings. The van der Waals surface area contributed by atoms with E-state index in [0.29, 0.717) is 23.8 Å². The number of hydrogen-bond acceptors (Lipinski definition) is 4. The van der Waals surface area contributed by atoms with Crippen molar-refractivity contribution in [2.75, 3.05) is 12.0 Å². The summed E-state index contributed by atoms with van der Waals surface area (Å²) in [7, 11) is 0. The van der Waals surface area contributed by atoms with Gasteiger partial charge in [0.15, 0.2) is 0 Å². The van der Waals surface area contributed by atoms with E-state index in [1.165, 1.54) is 0 Å². The number of ether oxygens (including phenoxy) is 1. The number of carbonyl (C=O) groups is 2. The van der Waals surface area contributed by atoms with Crippen molar-refractivity contribution < 1.29 is 14.3 Å². The van der Waals surface area contributed by atoms with Crippen molar-refractivity contribution in [3.05, 3.63) is 12.2 Å². The van der Waals surface area contributed by atoms with Crippen LogP contribution in [0.5, 0.6) is 0 Å². The molecule has 1 N–H and O–H groups in total. The highest BCUT2D eigenvalue weighted by molar-refractivity contribution is 7.98. The number of thioether (sulfide) groups is 1. The zero-order chi connectivity index (χ0) is 18.3. The second-order valence-corrected chi connectivity index (χ2v) is 8.53. The number of nitrogens with one attached hydrogen (secondary N) is 1. The van der Waals surface area contributed by atoms with E-state index in [9.17, 15) is 9.59 Å². The quantitative estimate of drug-likeness (QED) is 0.529. The van der Waals surface area contributed by atoms with Crippen molar-refractivity contribution >= 4 is 23.6 Å². The lowest BCUT2D eigenvalue weighted by molar-refractivity contribution is -0.165. The molecule has 0 aromatic rings. The van der Waals surface area contributed by atoms with Crippen LogP contribution in [-0.2, 0) is 14.3 Å². The zero-order valence-electron chi connectivity index (χ0n) is 15.8. The van der Waals surface area contributed by atoms with Gasteiger partial charge in [0, 0.05) is 5.57 Å². The average molecular weight is 356 g/mol. The molecule has 138 valence electrons. The van der Waals surface area contributed by atoms with Crippen molar-refractivity contribution in [1.82, 2.24) is 5.32 Å². The van der Waals surface area contributed by atoms with Gasteiger partial charge in [0.2, 0.25) is 5.91 Å². The molecule has 0 unspecified atom stereocenters. The van der Waals surface area contributed by atoms with Gasteiger partial charge in [-0.05, 0) is 69.8 Å². The van der Waals surface area contributed by atoms with Crippen molar-refractivity contribution in [1.29, 1.82) is 0 Å². The van der Waals surface area contributed by atoms with Gasteiger partial charge in [-0.1, -0.05) is 20.4 Å². The smallest absolute Gasteiger partial charge is 0.329 e. The third kappa shape index (κ3) is 6.50. The number of carbonyl (C=O) groups excluding carboxylic acids is 2. The van der Waals surface area contributed by atoms with E-state index in [2.05, 4.69) is 25.7 Å². The highest BCUT2D eigenvalue weighted by Crippen LogP contribution is 2.38. The Morgan fingerprint density at radius 3 is 2.38 bits per heavy atom. The van der Waals surface area contributed by atoms with E-state index in [0.717, 1.165) is 31.4 Å². The second-order valence-electron chi connectivity index (χ2n) is 7.54. The molecule has 0 spiro atoms. The van der Waals surface area contributed by atoms with Crippen LogP contribution in [0.1, 0.15) is 59.8 Å². The predicted molar refractivity (Wildman–Crippen MR) is 101 cm³/mol. The van der Waals surface area contributed by atoms with E-state index in [1.54, 1.807) is 18.7 Å². The van der Waals surface area contributed by atoms with Gasteiger partial charge >= 0.3 is 5.97 Å². The standard InChI is InChI=1S/C19H33NO3S/c1-13(2)15-7-10-19(5,11-8-15)23-18(22)16(9-12-24-6)20-17(21)14(3)4/h13,15-16H,3,7-12H2,1-2,4-6H3,(H,20,21)/t15?,16-,19?/m0/s1. The predicted octanol–water partition coefficient (Wildman–Crippen LogP) is 3.95. The van der Waals surface area contributed by atoms with Crippen molar-refractivity contribution in [3.63, 3.8) is 0 Å². The van der Waals surface area contributed by atoms with Gasteiger partial charge in [-0.25, -0.2) is 4.79 Å². The van der Waals surface area contributed by atoms with Crippen LogP contribution in [0, 0.1) is 11.8 Å². The van der Waals surface area contributed by atoms with Gasteiger partial charge in [0.05, 0.1) is 0 Å². The summed E-state index contributed by atoms with van der Waals surface area (Å²) in [6.45, 7) is 11.8. The van der Waals surface area contributed by atoms with Gasteiger partial charge in [0.1, 0.15) is 11.6 Å². The molecule has 1 rings (SSSR count). The highest BCUT2D eigenvalue weighted by Gasteiger charge is 2.37. The monoisotopic (exact) mass is 355 g/mol. The van der Waals surface area contributed by atoms with Crippen molar-refractivity contribution in [3.8, 4) is 0 Å². The summed E-state index contributed by atoms with van der Waals surface area (Å²) in [5.74, 6) is 1.58. The Bertz CT molecular complexity index is 454. The van der Waals surface area contributed by atoms with Crippen LogP contribution in [0.15, 0.2) is 12.2 Å². The summed E-state index contributed by atoms with van der Waals surface area (Å²) in [6, 6.07) is -0.596. The Morgan fingerprint density at radius 1 is 1.33 bits per heavy atom. The number of esters is 1. The summed E-state index contributed by atoms with van der Waals surface area (Å²) in [4.78, 5) is 24.5. The van der Waals surface area contributed by atoms with Gasteiger partial charge in [-0.15, -0.1) is 0 Å². The molecule has 0 aromatic heterocycles. The third-order valence-electron chi connectivity index (χ3n) is 4.97. The Balaban J connectivity index is 2.66. The largest absolute Gasteiger partial charge is 0.458 e. The first-order valence-electron chi connectivity index (χ1n) is 8.86. The minimum absolute atomic E-state index is 0.285. The summed E-state index contributed by atoms with van der Waals surface area (Å²) < 4.78 is 5.85. The second kappa shape index (κ2) is 9.50. The van der Waals surface area contributed by atoms with E-state index in [-0.39, 0.29) is 11.9 Å². The lowest BCUT2D eigenvalue weighted by Crippen LogP contribution is -2.47. The topological polar surface area (TPSA) is 55.4 Å². The first kappa shape index (κ1) is 21.1. The SMILES string of the molecule is C=C(C)C(=O)N[C@@H](CCSC)C(=O)OC1(C)CCC(C(C)C)CC1. The molecule has 1 atom stereocenters. The Kier molecular flexibility index (Phi) is 8.34. The molecule has 0 heterocycles. The van der Waals surface area contributed by atoms with Gasteiger partial charge in [-0.2, -0.15) is 11.8 Å². The molecule has 1 amide bonds. The van der Waals surface area contributed by atoms with E-state index < -0.39 is 11.6 Å². The first-order chi connectivity index (χ1) is 11.2. The van der Waals surface area contributed by atoms with Crippen LogP contribution in [0.25, 0.3) is 0 Å². The van der Waals surface area contributed by atoms with Crippen LogP contribution in [0.3, 0.4) is 0 Å². The zero-order valence-corrected chi connectivity index (χ0v) is 16.6. The fraction of sp³-hybridized carbons (Fsp3) is 0.789. The van der Waals surface area contributed by atoms with Crippen LogP contribution in [0.4, 0.5) is 0 Å². The summed E-state index contributed by atoms with van der Waals surface area (Å²) in [5, 5.41) is 2.76. The number of hydrogen-bond donors (Lipinski definition) is 1. The third-order valence-corrected chi connectivity index (χ3v) is 5.61. The van der Waals surface area contributed by atoms with Gasteiger partial charge in [-0.3, -0.25) is 4.79 Å². The average Bonchev–Trinajstić information content (AvgIpc) is 2.50. The molecule has 24 heavy (non-hydrogen) atoms. The minimum Gasteiger partial charge on any atom is -0.458 e. The molecule has 0 aliphatic heterocycles. The van der Waals surface area contributed by atoms with Gasteiger partial charge in [0.25, 0.3) is 0 Å². The normalized spacial score (nSPS) is 25.2. The molecule has 1 aliphatic carbocycles. The number of amides is 1. The van der Waals surface area contributed by atoms with Crippen molar-refractivity contribution in [2.24, 2.45) is 11.8 Å². The minimum atomic E-state index is -0.596.